The van der Waals surface area contributed by atoms with Gasteiger partial charge in [-0.05, 0) is 31.4 Å². The van der Waals surface area contributed by atoms with Gasteiger partial charge < -0.3 is 4.98 Å². The molecule has 3 rings (SSSR count). The van der Waals surface area contributed by atoms with Crippen LogP contribution in [0.2, 0.25) is 0 Å². The fraction of sp³-hybridized carbons (Fsp3) is 0.438. The molecule has 0 amide bonds. The van der Waals surface area contributed by atoms with Gasteiger partial charge in [-0.15, -0.1) is 0 Å². The van der Waals surface area contributed by atoms with E-state index in [4.69, 9.17) is 0 Å². The van der Waals surface area contributed by atoms with E-state index in [1.54, 1.807) is 0 Å². The van der Waals surface area contributed by atoms with Gasteiger partial charge in [0.25, 0.3) is 0 Å². The van der Waals surface area contributed by atoms with E-state index in [-0.39, 0.29) is 5.78 Å². The van der Waals surface area contributed by atoms with Gasteiger partial charge in [0.2, 0.25) is 0 Å². The Morgan fingerprint density at radius 3 is 2.89 bits per heavy atom. The summed E-state index contributed by atoms with van der Waals surface area (Å²) in [4.78, 5) is 17.7. The highest BCUT2D eigenvalue weighted by atomic mass is 16.1. The van der Waals surface area contributed by atoms with Crippen LogP contribution in [0.4, 0.5) is 0 Å². The van der Waals surface area contributed by atoms with E-state index in [1.807, 2.05) is 37.5 Å². The van der Waals surface area contributed by atoms with E-state index in [1.165, 1.54) is 6.42 Å². The van der Waals surface area contributed by atoms with Crippen LogP contribution in [-0.4, -0.2) is 35.8 Å². The summed E-state index contributed by atoms with van der Waals surface area (Å²) in [6, 6.07) is 7.96. The van der Waals surface area contributed by atoms with Crippen LogP contribution < -0.4 is 0 Å². The molecule has 19 heavy (non-hydrogen) atoms. The number of Topliss-reactive ketones (excluding diaryl/α,β-unsaturated/α-hetero) is 1. The fourth-order valence-corrected chi connectivity index (χ4v) is 2.75. The molecule has 100 valence electrons. The number of aromatic nitrogens is 1. The first-order valence-electron chi connectivity index (χ1n) is 6.93. The first kappa shape index (κ1) is 12.4. The number of ketones is 1. The normalized spacial score (nSPS) is 22.1. The average Bonchev–Trinajstić information content (AvgIpc) is 2.92. The Hall–Kier alpha value is -1.61. The molecule has 1 fully saturated rings. The van der Waals surface area contributed by atoms with Crippen LogP contribution in [0.1, 0.15) is 23.7 Å². The Balaban J connectivity index is 1.69. The van der Waals surface area contributed by atoms with Gasteiger partial charge in [0, 0.05) is 29.2 Å². The molecule has 3 heteroatoms. The van der Waals surface area contributed by atoms with Crippen LogP contribution in [0.5, 0.6) is 0 Å². The number of hydrogen-bond donors (Lipinski definition) is 1. The number of likely N-dealkylation sites (N-methyl/N-ethyl adjacent to an activating group) is 1. The van der Waals surface area contributed by atoms with Crippen molar-refractivity contribution in [2.24, 2.45) is 11.8 Å². The van der Waals surface area contributed by atoms with Crippen LogP contribution in [-0.2, 0) is 0 Å². The molecule has 2 aromatic rings. The van der Waals surface area contributed by atoms with E-state index < -0.39 is 0 Å². The molecule has 1 aliphatic rings. The van der Waals surface area contributed by atoms with Crippen molar-refractivity contribution in [2.75, 3.05) is 20.1 Å². The van der Waals surface area contributed by atoms with Crippen molar-refractivity contribution >= 4 is 16.7 Å². The van der Waals surface area contributed by atoms with Crippen LogP contribution >= 0.6 is 0 Å². The monoisotopic (exact) mass is 256 g/mol. The molecule has 0 aliphatic heterocycles. The summed E-state index contributed by atoms with van der Waals surface area (Å²) in [6.45, 7) is 3.82. The summed E-state index contributed by atoms with van der Waals surface area (Å²) < 4.78 is 0. The van der Waals surface area contributed by atoms with Crippen molar-refractivity contribution in [3.8, 4) is 0 Å². The first-order valence-corrected chi connectivity index (χ1v) is 6.93. The second-order valence-electron chi connectivity index (χ2n) is 5.84. The highest BCUT2D eigenvalue weighted by Gasteiger charge is 2.33. The molecule has 2 unspecified atom stereocenters. The number of fused-ring (bicyclic) bond motifs is 1. The number of aromatic amines is 1. The number of benzene rings is 1. The maximum absolute atomic E-state index is 12.4. The average molecular weight is 256 g/mol. The van der Waals surface area contributed by atoms with E-state index >= 15 is 0 Å². The van der Waals surface area contributed by atoms with Crippen LogP contribution in [0.3, 0.4) is 0 Å². The highest BCUT2D eigenvalue weighted by molar-refractivity contribution is 6.08. The summed E-state index contributed by atoms with van der Waals surface area (Å²) in [6.07, 6.45) is 3.15. The van der Waals surface area contributed by atoms with E-state index in [9.17, 15) is 4.79 Å². The molecule has 1 aliphatic carbocycles. The summed E-state index contributed by atoms with van der Waals surface area (Å²) in [5.41, 5.74) is 1.84. The summed E-state index contributed by atoms with van der Waals surface area (Å²) >= 11 is 0. The standard InChI is InChI=1S/C16H20N2O/c1-11-7-12(11)9-18(2)10-16(19)14-8-17-15-6-4-3-5-13(14)15/h3-6,8,11-12,17H,7,9-10H2,1-2H3. The van der Waals surface area contributed by atoms with Gasteiger partial charge in [0.1, 0.15) is 0 Å². The minimum absolute atomic E-state index is 0.202. The third kappa shape index (κ3) is 2.56. The maximum Gasteiger partial charge on any atom is 0.178 e. The number of nitrogens with zero attached hydrogens (tertiary/aromatic N) is 1. The van der Waals surface area contributed by atoms with Crippen molar-refractivity contribution in [1.29, 1.82) is 0 Å². The molecule has 1 aromatic carbocycles. The second-order valence-corrected chi connectivity index (χ2v) is 5.84. The SMILES string of the molecule is CC1CC1CN(C)CC(=O)c1c[nH]c2ccccc12. The quantitative estimate of drug-likeness (QED) is 0.835. The molecule has 1 N–H and O–H groups in total. The molecular formula is C16H20N2O. The van der Waals surface area contributed by atoms with Gasteiger partial charge in [0.05, 0.1) is 6.54 Å². The van der Waals surface area contributed by atoms with E-state index in [0.29, 0.717) is 6.54 Å². The topological polar surface area (TPSA) is 36.1 Å². The zero-order chi connectivity index (χ0) is 13.4. The van der Waals surface area contributed by atoms with Gasteiger partial charge in [-0.3, -0.25) is 9.69 Å². The summed E-state index contributed by atoms with van der Waals surface area (Å²) in [5, 5.41) is 1.03. The minimum Gasteiger partial charge on any atom is -0.360 e. The Bertz CT molecular complexity index is 602. The number of hydrogen-bond acceptors (Lipinski definition) is 2. The lowest BCUT2D eigenvalue weighted by molar-refractivity contribution is 0.0945. The smallest absolute Gasteiger partial charge is 0.178 e. The number of nitrogens with one attached hydrogen (secondary N) is 1. The Morgan fingerprint density at radius 2 is 2.16 bits per heavy atom. The molecule has 2 atom stereocenters. The van der Waals surface area contributed by atoms with E-state index in [2.05, 4.69) is 16.8 Å². The molecule has 0 spiro atoms. The van der Waals surface area contributed by atoms with Gasteiger partial charge >= 0.3 is 0 Å². The summed E-state index contributed by atoms with van der Waals surface area (Å²) in [7, 11) is 2.04. The number of rotatable bonds is 5. The number of carbonyl (C=O) groups excluding carboxylic acids is 1. The lowest BCUT2D eigenvalue weighted by atomic mass is 10.1. The molecule has 0 saturated heterocycles. The molecule has 1 saturated carbocycles. The van der Waals surface area contributed by atoms with Gasteiger partial charge in [0.15, 0.2) is 5.78 Å². The number of H-pyrrole nitrogens is 1. The van der Waals surface area contributed by atoms with Crippen LogP contribution in [0.15, 0.2) is 30.5 Å². The predicted molar refractivity (Wildman–Crippen MR) is 77.4 cm³/mol. The van der Waals surface area contributed by atoms with Gasteiger partial charge in [-0.25, -0.2) is 0 Å². The van der Waals surface area contributed by atoms with E-state index in [0.717, 1.165) is 34.8 Å². The molecule has 0 radical (unpaired) electrons. The van der Waals surface area contributed by atoms with Gasteiger partial charge in [-0.1, -0.05) is 25.1 Å². The van der Waals surface area contributed by atoms with Crippen molar-refractivity contribution in [1.82, 2.24) is 9.88 Å². The van der Waals surface area contributed by atoms with Crippen molar-refractivity contribution in [3.05, 3.63) is 36.0 Å². The highest BCUT2D eigenvalue weighted by Crippen LogP contribution is 2.37. The molecule has 1 heterocycles. The minimum atomic E-state index is 0.202. The zero-order valence-electron chi connectivity index (χ0n) is 11.5. The Labute approximate surface area is 113 Å². The Morgan fingerprint density at radius 1 is 1.42 bits per heavy atom. The van der Waals surface area contributed by atoms with Crippen molar-refractivity contribution in [3.63, 3.8) is 0 Å². The zero-order valence-corrected chi connectivity index (χ0v) is 11.5. The molecular weight excluding hydrogens is 236 g/mol. The Kier molecular flexibility index (Phi) is 3.15. The summed E-state index contributed by atoms with van der Waals surface area (Å²) in [5.74, 6) is 1.83. The fourth-order valence-electron chi connectivity index (χ4n) is 2.75. The van der Waals surface area contributed by atoms with Crippen molar-refractivity contribution < 1.29 is 4.79 Å². The largest absolute Gasteiger partial charge is 0.360 e. The van der Waals surface area contributed by atoms with Gasteiger partial charge in [-0.2, -0.15) is 0 Å². The third-order valence-electron chi connectivity index (χ3n) is 4.13. The molecule has 0 bridgehead atoms. The van der Waals surface area contributed by atoms with Crippen LogP contribution in [0.25, 0.3) is 10.9 Å². The number of para-hydroxylation sites is 1. The number of carbonyl (C=O) groups is 1. The predicted octanol–water partition coefficient (Wildman–Crippen LogP) is 2.94. The first-order chi connectivity index (χ1) is 9.15. The van der Waals surface area contributed by atoms with Crippen molar-refractivity contribution in [2.45, 2.75) is 13.3 Å². The molecule has 1 aromatic heterocycles. The third-order valence-corrected chi connectivity index (χ3v) is 4.13. The van der Waals surface area contributed by atoms with Crippen LogP contribution in [0, 0.1) is 11.8 Å². The second kappa shape index (κ2) is 4.82. The maximum atomic E-state index is 12.4. The molecule has 3 nitrogen and oxygen atoms in total. The lowest BCUT2D eigenvalue weighted by Gasteiger charge is -2.15. The lowest BCUT2D eigenvalue weighted by Crippen LogP contribution is -2.28.